The number of hydrogen-bond donors (Lipinski definition) is 1. The van der Waals surface area contributed by atoms with Gasteiger partial charge in [-0.3, -0.25) is 9.69 Å². The molecule has 1 N–H and O–H groups in total. The van der Waals surface area contributed by atoms with E-state index >= 15 is 0 Å². The molecule has 21 heavy (non-hydrogen) atoms. The van der Waals surface area contributed by atoms with Crippen molar-refractivity contribution in [1.29, 1.82) is 0 Å². The van der Waals surface area contributed by atoms with Crippen LogP contribution in [0.3, 0.4) is 0 Å². The van der Waals surface area contributed by atoms with E-state index in [9.17, 15) is 4.79 Å². The second kappa shape index (κ2) is 9.23. The van der Waals surface area contributed by atoms with Crippen molar-refractivity contribution in [2.75, 3.05) is 34.4 Å². The highest BCUT2D eigenvalue weighted by Crippen LogP contribution is 2.27. The van der Waals surface area contributed by atoms with E-state index in [1.54, 1.807) is 14.2 Å². The smallest absolute Gasteiger partial charge is 0.234 e. The molecule has 1 rings (SSSR count). The molecule has 5 nitrogen and oxygen atoms in total. The van der Waals surface area contributed by atoms with Gasteiger partial charge in [-0.15, -0.1) is 0 Å². The van der Waals surface area contributed by atoms with E-state index in [0.717, 1.165) is 24.9 Å². The molecule has 0 aliphatic rings. The molecule has 1 aromatic rings. The first-order valence-electron chi connectivity index (χ1n) is 7.26. The zero-order valence-corrected chi connectivity index (χ0v) is 13.4. The normalized spacial score (nSPS) is 10.5. The van der Waals surface area contributed by atoms with E-state index in [4.69, 9.17) is 9.47 Å². The van der Waals surface area contributed by atoms with Crippen molar-refractivity contribution in [1.82, 2.24) is 10.2 Å². The quantitative estimate of drug-likeness (QED) is 0.757. The molecule has 118 valence electrons. The van der Waals surface area contributed by atoms with Gasteiger partial charge in [0, 0.05) is 6.54 Å². The number of likely N-dealkylation sites (N-methyl/N-ethyl adjacent to an activating group) is 1. The Morgan fingerprint density at radius 2 is 1.95 bits per heavy atom. The number of carbonyl (C=O) groups excluding carboxylic acids is 1. The lowest BCUT2D eigenvalue weighted by Gasteiger charge is -2.16. The van der Waals surface area contributed by atoms with Gasteiger partial charge in [-0.1, -0.05) is 19.4 Å². The maximum atomic E-state index is 11.9. The predicted octanol–water partition coefficient (Wildman–Crippen LogP) is 2.05. The van der Waals surface area contributed by atoms with Gasteiger partial charge < -0.3 is 14.8 Å². The minimum absolute atomic E-state index is 0.0309. The second-order valence-electron chi connectivity index (χ2n) is 5.06. The van der Waals surface area contributed by atoms with Crippen LogP contribution in [0.25, 0.3) is 0 Å². The van der Waals surface area contributed by atoms with Crippen molar-refractivity contribution in [3.8, 4) is 11.5 Å². The number of rotatable bonds is 9. The van der Waals surface area contributed by atoms with Crippen LogP contribution >= 0.6 is 0 Å². The van der Waals surface area contributed by atoms with Crippen LogP contribution in [0.1, 0.15) is 25.3 Å². The molecule has 0 fully saturated rings. The number of amides is 1. The van der Waals surface area contributed by atoms with E-state index in [1.807, 2.05) is 30.1 Å². The number of methoxy groups -OCH3 is 2. The van der Waals surface area contributed by atoms with E-state index in [-0.39, 0.29) is 5.91 Å². The van der Waals surface area contributed by atoms with Crippen molar-refractivity contribution in [2.45, 2.75) is 26.3 Å². The lowest BCUT2D eigenvalue weighted by molar-refractivity contribution is -0.122. The molecule has 0 saturated carbocycles. The largest absolute Gasteiger partial charge is 0.493 e. The third-order valence-corrected chi connectivity index (χ3v) is 3.24. The predicted molar refractivity (Wildman–Crippen MR) is 83.8 cm³/mol. The third-order valence-electron chi connectivity index (χ3n) is 3.24. The van der Waals surface area contributed by atoms with Crippen LogP contribution in [-0.4, -0.2) is 45.2 Å². The number of nitrogens with one attached hydrogen (secondary N) is 1. The monoisotopic (exact) mass is 294 g/mol. The van der Waals surface area contributed by atoms with Gasteiger partial charge in [-0.2, -0.15) is 0 Å². The van der Waals surface area contributed by atoms with Gasteiger partial charge in [0.15, 0.2) is 11.5 Å². The minimum Gasteiger partial charge on any atom is -0.493 e. The summed E-state index contributed by atoms with van der Waals surface area (Å²) in [6, 6.07) is 5.63. The zero-order valence-electron chi connectivity index (χ0n) is 13.4. The molecule has 0 aromatic heterocycles. The summed E-state index contributed by atoms with van der Waals surface area (Å²) in [5, 5.41) is 2.92. The molecule has 0 saturated heterocycles. The lowest BCUT2D eigenvalue weighted by atomic mass is 10.2. The van der Waals surface area contributed by atoms with Crippen LogP contribution < -0.4 is 14.8 Å². The maximum absolute atomic E-state index is 11.9. The lowest BCUT2D eigenvalue weighted by Crippen LogP contribution is -2.35. The Morgan fingerprint density at radius 1 is 1.24 bits per heavy atom. The summed E-state index contributed by atoms with van der Waals surface area (Å²) in [5.41, 5.74) is 0.984. The van der Waals surface area contributed by atoms with Crippen molar-refractivity contribution >= 4 is 5.91 Å². The Morgan fingerprint density at radius 3 is 2.57 bits per heavy atom. The molecule has 0 unspecified atom stereocenters. The fraction of sp³-hybridized carbons (Fsp3) is 0.562. The van der Waals surface area contributed by atoms with Crippen molar-refractivity contribution < 1.29 is 14.3 Å². The first kappa shape index (κ1) is 17.3. The molecule has 1 amide bonds. The van der Waals surface area contributed by atoms with E-state index in [2.05, 4.69) is 12.2 Å². The highest BCUT2D eigenvalue weighted by atomic mass is 16.5. The highest BCUT2D eigenvalue weighted by Gasteiger charge is 2.08. The van der Waals surface area contributed by atoms with Gasteiger partial charge in [0.25, 0.3) is 0 Å². The summed E-state index contributed by atoms with van der Waals surface area (Å²) in [4.78, 5) is 13.9. The summed E-state index contributed by atoms with van der Waals surface area (Å²) < 4.78 is 10.4. The molecule has 5 heteroatoms. The fourth-order valence-corrected chi connectivity index (χ4v) is 2.00. The molecule has 0 aliphatic heterocycles. The molecule has 0 heterocycles. The second-order valence-corrected chi connectivity index (χ2v) is 5.06. The summed E-state index contributed by atoms with van der Waals surface area (Å²) in [6.07, 6.45) is 2.25. The minimum atomic E-state index is 0.0309. The highest BCUT2D eigenvalue weighted by molar-refractivity contribution is 5.78. The molecule has 0 atom stereocenters. The summed E-state index contributed by atoms with van der Waals surface area (Å²) >= 11 is 0. The molecule has 0 spiro atoms. The Kier molecular flexibility index (Phi) is 7.61. The van der Waals surface area contributed by atoms with Gasteiger partial charge in [-0.05, 0) is 37.7 Å². The van der Waals surface area contributed by atoms with Gasteiger partial charge in [0.05, 0.1) is 20.8 Å². The number of carbonyl (C=O) groups is 1. The number of ether oxygens (including phenoxy) is 2. The molecular weight excluding hydrogens is 268 g/mol. The van der Waals surface area contributed by atoms with Crippen molar-refractivity contribution in [3.63, 3.8) is 0 Å². The van der Waals surface area contributed by atoms with Crippen LogP contribution in [0.4, 0.5) is 0 Å². The third kappa shape index (κ3) is 6.04. The Hall–Kier alpha value is -1.75. The number of benzene rings is 1. The SMILES string of the molecule is CCCCN(C)CC(=O)NCc1ccc(OC)c(OC)c1. The van der Waals surface area contributed by atoms with Gasteiger partial charge in [0.2, 0.25) is 5.91 Å². The number of hydrogen-bond acceptors (Lipinski definition) is 4. The molecule has 0 radical (unpaired) electrons. The van der Waals surface area contributed by atoms with E-state index in [0.29, 0.717) is 24.6 Å². The zero-order chi connectivity index (χ0) is 15.7. The summed E-state index contributed by atoms with van der Waals surface area (Å²) in [6.45, 7) is 4.00. The van der Waals surface area contributed by atoms with Crippen LogP contribution in [-0.2, 0) is 11.3 Å². The molecule has 0 aliphatic carbocycles. The van der Waals surface area contributed by atoms with E-state index < -0.39 is 0 Å². The topological polar surface area (TPSA) is 50.8 Å². The van der Waals surface area contributed by atoms with Crippen LogP contribution in [0.15, 0.2) is 18.2 Å². The van der Waals surface area contributed by atoms with Crippen molar-refractivity contribution in [2.24, 2.45) is 0 Å². The summed E-state index contributed by atoms with van der Waals surface area (Å²) in [7, 11) is 5.17. The molecule has 1 aromatic carbocycles. The Labute approximate surface area is 127 Å². The number of unbranched alkanes of at least 4 members (excludes halogenated alkanes) is 1. The van der Waals surface area contributed by atoms with Crippen LogP contribution in [0.2, 0.25) is 0 Å². The average Bonchev–Trinajstić information content (AvgIpc) is 2.50. The summed E-state index contributed by atoms with van der Waals surface area (Å²) in [5.74, 6) is 1.39. The van der Waals surface area contributed by atoms with E-state index in [1.165, 1.54) is 0 Å². The average molecular weight is 294 g/mol. The van der Waals surface area contributed by atoms with Gasteiger partial charge in [-0.25, -0.2) is 0 Å². The molecule has 0 bridgehead atoms. The van der Waals surface area contributed by atoms with Crippen LogP contribution in [0.5, 0.6) is 11.5 Å². The Bertz CT molecular complexity index is 449. The first-order valence-corrected chi connectivity index (χ1v) is 7.26. The van der Waals surface area contributed by atoms with Gasteiger partial charge in [0.1, 0.15) is 0 Å². The van der Waals surface area contributed by atoms with Crippen molar-refractivity contribution in [3.05, 3.63) is 23.8 Å². The molecular formula is C16H26N2O3. The van der Waals surface area contributed by atoms with Gasteiger partial charge >= 0.3 is 0 Å². The standard InChI is InChI=1S/C16H26N2O3/c1-5-6-9-18(2)12-16(19)17-11-13-7-8-14(20-3)15(10-13)21-4/h7-8,10H,5-6,9,11-12H2,1-4H3,(H,17,19). The van der Waals surface area contributed by atoms with Crippen LogP contribution in [0, 0.1) is 0 Å². The Balaban J connectivity index is 2.45. The fourth-order valence-electron chi connectivity index (χ4n) is 2.00. The number of nitrogens with zero attached hydrogens (tertiary/aromatic N) is 1. The maximum Gasteiger partial charge on any atom is 0.234 e. The first-order chi connectivity index (χ1) is 10.1.